The molecule has 1 saturated heterocycles. The Balaban J connectivity index is 2.03. The molecule has 3 N–H and O–H groups in total. The van der Waals surface area contributed by atoms with Gasteiger partial charge in [-0.15, -0.1) is 0 Å². The van der Waals surface area contributed by atoms with Crippen LogP contribution in [0.2, 0.25) is 0 Å². The molecule has 1 fully saturated rings. The molecule has 0 aliphatic carbocycles. The number of hydrogen-bond donors (Lipinski definition) is 2. The zero-order valence-corrected chi connectivity index (χ0v) is 11.7. The van der Waals surface area contributed by atoms with Crippen molar-refractivity contribution < 1.29 is 9.53 Å². The van der Waals surface area contributed by atoms with Crippen molar-refractivity contribution in [2.45, 2.75) is 45.3 Å². The van der Waals surface area contributed by atoms with Crippen LogP contribution >= 0.6 is 0 Å². The van der Waals surface area contributed by atoms with Crippen LogP contribution in [0.4, 0.5) is 0 Å². The van der Waals surface area contributed by atoms with Crippen LogP contribution in [0.3, 0.4) is 0 Å². The summed E-state index contributed by atoms with van der Waals surface area (Å²) in [5.41, 5.74) is 5.88. The predicted molar refractivity (Wildman–Crippen MR) is 72.4 cm³/mol. The average molecular weight is 257 g/mol. The van der Waals surface area contributed by atoms with Crippen LogP contribution in [-0.4, -0.2) is 55.7 Å². The van der Waals surface area contributed by atoms with Crippen molar-refractivity contribution in [2.75, 3.05) is 32.8 Å². The topological polar surface area (TPSA) is 67.6 Å². The number of carbonyl (C=O) groups is 1. The number of likely N-dealkylation sites (tertiary alicyclic amines) is 1. The predicted octanol–water partition coefficient (Wildman–Crippen LogP) is 0.341. The van der Waals surface area contributed by atoms with Crippen molar-refractivity contribution in [1.29, 1.82) is 0 Å². The molecule has 0 aromatic carbocycles. The lowest BCUT2D eigenvalue weighted by Gasteiger charge is -2.29. The maximum Gasteiger partial charge on any atom is 0.234 e. The Bertz CT molecular complexity index is 246. The SMILES string of the molecule is CC(C)OCCCNC(=O)CN1CCCC(N)C1. The lowest BCUT2D eigenvalue weighted by molar-refractivity contribution is -0.122. The minimum Gasteiger partial charge on any atom is -0.379 e. The average Bonchev–Trinajstić information content (AvgIpc) is 2.28. The molecular weight excluding hydrogens is 230 g/mol. The Kier molecular flexibility index (Phi) is 7.23. The molecule has 0 spiro atoms. The zero-order valence-electron chi connectivity index (χ0n) is 11.7. The summed E-state index contributed by atoms with van der Waals surface area (Å²) in [6.45, 7) is 7.70. The molecule has 0 radical (unpaired) electrons. The number of ether oxygens (including phenoxy) is 1. The standard InChI is InChI=1S/C13H27N3O2/c1-11(2)18-8-4-6-15-13(17)10-16-7-3-5-12(14)9-16/h11-12H,3-10,14H2,1-2H3,(H,15,17). The molecule has 0 bridgehead atoms. The molecule has 1 aliphatic heterocycles. The molecule has 1 unspecified atom stereocenters. The number of nitrogens with zero attached hydrogens (tertiary/aromatic N) is 1. The van der Waals surface area contributed by atoms with Crippen LogP contribution in [0.15, 0.2) is 0 Å². The third kappa shape index (κ3) is 6.93. The molecule has 1 rings (SSSR count). The third-order valence-electron chi connectivity index (χ3n) is 3.00. The van der Waals surface area contributed by atoms with Gasteiger partial charge in [-0.3, -0.25) is 9.69 Å². The van der Waals surface area contributed by atoms with Crippen molar-refractivity contribution in [3.05, 3.63) is 0 Å². The van der Waals surface area contributed by atoms with E-state index in [9.17, 15) is 4.79 Å². The van der Waals surface area contributed by atoms with E-state index in [0.717, 1.165) is 32.4 Å². The summed E-state index contributed by atoms with van der Waals surface area (Å²) in [7, 11) is 0. The van der Waals surface area contributed by atoms with Gasteiger partial charge in [0.05, 0.1) is 12.6 Å². The fraction of sp³-hybridized carbons (Fsp3) is 0.923. The number of amides is 1. The molecule has 0 aromatic heterocycles. The summed E-state index contributed by atoms with van der Waals surface area (Å²) in [6, 6.07) is 0.228. The van der Waals surface area contributed by atoms with Gasteiger partial charge in [0.1, 0.15) is 0 Å². The molecule has 1 atom stereocenters. The molecular formula is C13H27N3O2. The van der Waals surface area contributed by atoms with Gasteiger partial charge < -0.3 is 15.8 Å². The van der Waals surface area contributed by atoms with Crippen LogP contribution in [0, 0.1) is 0 Å². The van der Waals surface area contributed by atoms with E-state index in [2.05, 4.69) is 10.2 Å². The van der Waals surface area contributed by atoms with Gasteiger partial charge in [-0.05, 0) is 39.7 Å². The molecule has 5 nitrogen and oxygen atoms in total. The minimum absolute atomic E-state index is 0.0913. The second kappa shape index (κ2) is 8.45. The fourth-order valence-electron chi connectivity index (χ4n) is 2.11. The van der Waals surface area contributed by atoms with Crippen molar-refractivity contribution in [2.24, 2.45) is 5.73 Å². The number of hydrogen-bond acceptors (Lipinski definition) is 4. The largest absolute Gasteiger partial charge is 0.379 e. The Morgan fingerprint density at radius 3 is 3.00 bits per heavy atom. The van der Waals surface area contributed by atoms with Crippen LogP contribution in [-0.2, 0) is 9.53 Å². The highest BCUT2D eigenvalue weighted by Crippen LogP contribution is 2.07. The lowest BCUT2D eigenvalue weighted by Crippen LogP contribution is -2.47. The first-order valence-electron chi connectivity index (χ1n) is 6.94. The zero-order chi connectivity index (χ0) is 13.4. The Morgan fingerprint density at radius 2 is 2.33 bits per heavy atom. The molecule has 5 heteroatoms. The van der Waals surface area contributed by atoms with Gasteiger partial charge in [0.15, 0.2) is 0 Å². The molecule has 106 valence electrons. The van der Waals surface area contributed by atoms with Crippen LogP contribution in [0.1, 0.15) is 33.1 Å². The van der Waals surface area contributed by atoms with Gasteiger partial charge in [-0.1, -0.05) is 0 Å². The molecule has 1 heterocycles. The molecule has 1 aliphatic rings. The molecule has 18 heavy (non-hydrogen) atoms. The van der Waals surface area contributed by atoms with Crippen molar-refractivity contribution in [3.8, 4) is 0 Å². The van der Waals surface area contributed by atoms with Crippen molar-refractivity contribution in [1.82, 2.24) is 10.2 Å². The Labute approximate surface area is 110 Å². The second-order valence-electron chi connectivity index (χ2n) is 5.26. The van der Waals surface area contributed by atoms with E-state index >= 15 is 0 Å². The molecule has 0 saturated carbocycles. The summed E-state index contributed by atoms with van der Waals surface area (Å²) in [6.07, 6.45) is 3.29. The third-order valence-corrected chi connectivity index (χ3v) is 3.00. The van der Waals surface area contributed by atoms with Crippen LogP contribution in [0.25, 0.3) is 0 Å². The number of nitrogens with one attached hydrogen (secondary N) is 1. The van der Waals surface area contributed by atoms with Gasteiger partial charge in [0.25, 0.3) is 0 Å². The lowest BCUT2D eigenvalue weighted by atomic mass is 10.1. The van der Waals surface area contributed by atoms with Gasteiger partial charge in [0, 0.05) is 25.7 Å². The summed E-state index contributed by atoms with van der Waals surface area (Å²) in [5, 5.41) is 2.92. The maximum atomic E-state index is 11.7. The Morgan fingerprint density at radius 1 is 1.56 bits per heavy atom. The van der Waals surface area contributed by atoms with E-state index in [1.54, 1.807) is 0 Å². The van der Waals surface area contributed by atoms with E-state index in [1.807, 2.05) is 13.8 Å². The first-order valence-corrected chi connectivity index (χ1v) is 6.94. The summed E-state index contributed by atoms with van der Waals surface area (Å²) in [4.78, 5) is 13.8. The van der Waals surface area contributed by atoms with E-state index in [4.69, 9.17) is 10.5 Å². The van der Waals surface area contributed by atoms with E-state index in [0.29, 0.717) is 19.7 Å². The van der Waals surface area contributed by atoms with E-state index in [1.165, 1.54) is 0 Å². The highest BCUT2D eigenvalue weighted by Gasteiger charge is 2.18. The number of nitrogens with two attached hydrogens (primary N) is 1. The summed E-state index contributed by atoms with van der Waals surface area (Å²) < 4.78 is 5.41. The first-order chi connectivity index (χ1) is 8.58. The van der Waals surface area contributed by atoms with E-state index < -0.39 is 0 Å². The van der Waals surface area contributed by atoms with Gasteiger partial charge in [-0.2, -0.15) is 0 Å². The van der Waals surface area contributed by atoms with Crippen molar-refractivity contribution in [3.63, 3.8) is 0 Å². The number of rotatable bonds is 7. The molecule has 1 amide bonds. The van der Waals surface area contributed by atoms with E-state index in [-0.39, 0.29) is 18.1 Å². The second-order valence-corrected chi connectivity index (χ2v) is 5.26. The van der Waals surface area contributed by atoms with Crippen LogP contribution in [0.5, 0.6) is 0 Å². The van der Waals surface area contributed by atoms with Crippen LogP contribution < -0.4 is 11.1 Å². The minimum atomic E-state index is 0.0913. The Hall–Kier alpha value is -0.650. The fourth-order valence-corrected chi connectivity index (χ4v) is 2.11. The first kappa shape index (κ1) is 15.4. The highest BCUT2D eigenvalue weighted by molar-refractivity contribution is 5.77. The molecule has 0 aromatic rings. The number of piperidine rings is 1. The quantitative estimate of drug-likeness (QED) is 0.645. The summed E-state index contributed by atoms with van der Waals surface area (Å²) >= 11 is 0. The van der Waals surface area contributed by atoms with Crippen molar-refractivity contribution >= 4 is 5.91 Å². The monoisotopic (exact) mass is 257 g/mol. The smallest absolute Gasteiger partial charge is 0.234 e. The summed E-state index contributed by atoms with van der Waals surface area (Å²) in [5.74, 6) is 0.0913. The van der Waals surface area contributed by atoms with Gasteiger partial charge in [-0.25, -0.2) is 0 Å². The normalized spacial score (nSPS) is 21.2. The number of carbonyl (C=O) groups excluding carboxylic acids is 1. The van der Waals surface area contributed by atoms with Gasteiger partial charge in [0.2, 0.25) is 5.91 Å². The van der Waals surface area contributed by atoms with Gasteiger partial charge >= 0.3 is 0 Å². The highest BCUT2D eigenvalue weighted by atomic mass is 16.5. The maximum absolute atomic E-state index is 11.7.